The largest absolute Gasteiger partial charge is 0.382 e. The van der Waals surface area contributed by atoms with Crippen LogP contribution < -0.4 is 21.3 Å². The molecule has 0 bridgehead atoms. The van der Waals surface area contributed by atoms with Gasteiger partial charge in [-0.2, -0.15) is 0 Å². The van der Waals surface area contributed by atoms with Gasteiger partial charge in [0.2, 0.25) is 0 Å². The second kappa shape index (κ2) is 9.63. The Balaban J connectivity index is 1.09. The van der Waals surface area contributed by atoms with Crippen molar-refractivity contribution in [3.63, 3.8) is 0 Å². The fourth-order valence-corrected chi connectivity index (χ4v) is 6.20. The van der Waals surface area contributed by atoms with Crippen LogP contribution in [0.1, 0.15) is 38.2 Å². The number of aromatic nitrogens is 2. The van der Waals surface area contributed by atoms with E-state index in [9.17, 15) is 14.3 Å². The van der Waals surface area contributed by atoms with Crippen molar-refractivity contribution in [2.24, 2.45) is 0 Å². The number of halogens is 1. The second-order valence-electron chi connectivity index (χ2n) is 10.8. The van der Waals surface area contributed by atoms with Crippen molar-refractivity contribution >= 4 is 22.7 Å². The first-order valence-electron chi connectivity index (χ1n) is 13.2. The van der Waals surface area contributed by atoms with Crippen molar-refractivity contribution < 1.29 is 9.50 Å². The van der Waals surface area contributed by atoms with E-state index >= 15 is 0 Å². The van der Waals surface area contributed by atoms with E-state index in [1.807, 2.05) is 0 Å². The minimum atomic E-state index is -1.44. The molecule has 6 nitrogen and oxygen atoms in total. The average Bonchev–Trinajstić information content (AvgIpc) is 3.21. The number of piperidine rings is 1. The first-order chi connectivity index (χ1) is 17.9. The Morgan fingerprint density at radius 3 is 2.78 bits per heavy atom. The van der Waals surface area contributed by atoms with Crippen LogP contribution in [0.4, 0.5) is 4.39 Å². The van der Waals surface area contributed by atoms with Crippen LogP contribution in [0.15, 0.2) is 59.0 Å². The molecule has 6 rings (SSSR count). The van der Waals surface area contributed by atoms with E-state index in [0.29, 0.717) is 23.6 Å². The number of hydrogen-bond donors (Lipinski definition) is 2. The lowest BCUT2D eigenvalue weighted by Gasteiger charge is -2.37. The third kappa shape index (κ3) is 4.56. The Morgan fingerprint density at radius 2 is 1.95 bits per heavy atom. The maximum atomic E-state index is 14.9. The van der Waals surface area contributed by atoms with Gasteiger partial charge in [0, 0.05) is 25.2 Å². The number of pyridine rings is 2. The number of fused-ring (bicyclic) bond motifs is 1. The highest BCUT2D eigenvalue weighted by atomic mass is 19.1. The van der Waals surface area contributed by atoms with Crippen molar-refractivity contribution in [3.8, 4) is 0 Å². The summed E-state index contributed by atoms with van der Waals surface area (Å²) in [6.45, 7) is 5.09. The molecule has 1 fully saturated rings. The Morgan fingerprint density at radius 1 is 1.14 bits per heavy atom. The zero-order valence-electron chi connectivity index (χ0n) is 21.2. The number of rotatable bonds is 5. The van der Waals surface area contributed by atoms with Gasteiger partial charge in [0.1, 0.15) is 11.4 Å². The molecule has 1 aromatic carbocycles. The summed E-state index contributed by atoms with van der Waals surface area (Å²) in [4.78, 5) is 18.7. The van der Waals surface area contributed by atoms with E-state index in [4.69, 9.17) is 0 Å². The molecule has 0 spiro atoms. The Labute approximate surface area is 215 Å². The number of nitrogens with one attached hydrogen (secondary N) is 1. The maximum absolute atomic E-state index is 14.9. The topological polar surface area (TPSA) is 70.4 Å². The number of hydrogen-bond acceptors (Lipinski definition) is 5. The quantitative estimate of drug-likeness (QED) is 0.562. The average molecular weight is 501 g/mol. The third-order valence-electron chi connectivity index (χ3n) is 8.27. The first-order valence-corrected chi connectivity index (χ1v) is 13.2. The zero-order valence-corrected chi connectivity index (χ0v) is 21.2. The monoisotopic (exact) mass is 500 g/mol. The fourth-order valence-electron chi connectivity index (χ4n) is 6.20. The molecular weight excluding hydrogens is 467 g/mol. The number of allylic oxidation sites excluding steroid dienone is 1. The van der Waals surface area contributed by atoms with Crippen LogP contribution in [0.5, 0.6) is 0 Å². The lowest BCUT2D eigenvalue weighted by molar-refractivity contribution is -0.0158. The summed E-state index contributed by atoms with van der Waals surface area (Å²) in [5, 5.41) is 17.9. The second-order valence-corrected chi connectivity index (χ2v) is 10.8. The molecule has 1 aliphatic carbocycles. The van der Waals surface area contributed by atoms with E-state index in [1.54, 1.807) is 6.07 Å². The van der Waals surface area contributed by atoms with Gasteiger partial charge in [0.15, 0.2) is 0 Å². The molecule has 37 heavy (non-hydrogen) atoms. The normalized spacial score (nSPS) is 26.1. The molecule has 2 aromatic heterocycles. The van der Waals surface area contributed by atoms with Crippen molar-refractivity contribution in [1.29, 1.82) is 0 Å². The molecule has 1 saturated heterocycles. The maximum Gasteiger partial charge on any atom is 0.251 e. The zero-order chi connectivity index (χ0) is 25.6. The smallest absolute Gasteiger partial charge is 0.251 e. The van der Waals surface area contributed by atoms with Crippen molar-refractivity contribution in [2.75, 3.05) is 26.2 Å². The van der Waals surface area contributed by atoms with Crippen LogP contribution in [0.2, 0.25) is 0 Å². The number of β-amino-alcohol motifs (C(OH)–C–C–N with tert-alkyl or cyclic N) is 1. The molecule has 3 aromatic rings. The number of aliphatic hydroxyl groups is 1. The lowest BCUT2D eigenvalue weighted by atomic mass is 9.93. The predicted octanol–water partition coefficient (Wildman–Crippen LogP) is 2.16. The predicted molar refractivity (Wildman–Crippen MR) is 144 cm³/mol. The molecule has 4 heterocycles. The van der Waals surface area contributed by atoms with Gasteiger partial charge in [-0.15, -0.1) is 0 Å². The number of benzene rings is 1. The molecule has 3 aliphatic rings. The Kier molecular flexibility index (Phi) is 6.31. The summed E-state index contributed by atoms with van der Waals surface area (Å²) in [7, 11) is 0. The van der Waals surface area contributed by atoms with Crippen molar-refractivity contribution in [2.45, 2.75) is 50.8 Å². The fraction of sp³-hybridized carbons (Fsp3) is 0.400. The van der Waals surface area contributed by atoms with E-state index in [2.05, 4.69) is 58.5 Å². The highest BCUT2D eigenvalue weighted by Crippen LogP contribution is 2.37. The molecule has 0 amide bonds. The molecule has 2 aliphatic heterocycles. The molecule has 192 valence electrons. The van der Waals surface area contributed by atoms with Gasteiger partial charge < -0.3 is 15.0 Å². The molecule has 1 atom stereocenters. The highest BCUT2D eigenvalue weighted by Gasteiger charge is 2.43. The van der Waals surface area contributed by atoms with E-state index in [1.165, 1.54) is 32.2 Å². The van der Waals surface area contributed by atoms with Crippen LogP contribution in [0.3, 0.4) is 0 Å². The lowest BCUT2D eigenvalue weighted by Crippen LogP contribution is -2.49. The molecule has 0 saturated carbocycles. The highest BCUT2D eigenvalue weighted by molar-refractivity contribution is 5.81. The van der Waals surface area contributed by atoms with Gasteiger partial charge >= 0.3 is 0 Å². The Bertz CT molecular complexity index is 1570. The summed E-state index contributed by atoms with van der Waals surface area (Å²) in [6, 6.07) is 12.0. The number of likely N-dealkylation sites (tertiary alicyclic amines) is 1. The van der Waals surface area contributed by atoms with Gasteiger partial charge in [-0.1, -0.05) is 47.6 Å². The van der Waals surface area contributed by atoms with E-state index in [-0.39, 0.29) is 17.7 Å². The summed E-state index contributed by atoms with van der Waals surface area (Å²) >= 11 is 0. The van der Waals surface area contributed by atoms with Gasteiger partial charge in [-0.25, -0.2) is 4.39 Å². The van der Waals surface area contributed by atoms with Crippen LogP contribution in [-0.4, -0.2) is 51.8 Å². The standard InChI is InChI=1S/C30H33FN4O2/c1-20-6-7-21(8-9-22-4-2-3-5-24(20)22)16-32-23-12-14-34(15-13-23)18-30(37)19-35-27(36)11-10-26-29(35)28(30)25(31)17-33-26/h2-5,8-11,17,23,32,37H,6-7,12-16,18-19H2,1H3/b21-8+,22-9-,24-20+/t30-/m0/s1. The molecule has 0 radical (unpaired) electrons. The summed E-state index contributed by atoms with van der Waals surface area (Å²) in [6.07, 6.45) is 9.70. The minimum absolute atomic E-state index is 0.0590. The third-order valence-corrected chi connectivity index (χ3v) is 8.27. The Hall–Kier alpha value is -3.13. The van der Waals surface area contributed by atoms with Gasteiger partial charge in [0.05, 0.1) is 29.3 Å². The molecule has 7 heteroatoms. The van der Waals surface area contributed by atoms with Crippen LogP contribution in [-0.2, 0) is 12.1 Å². The van der Waals surface area contributed by atoms with E-state index in [0.717, 1.165) is 51.5 Å². The molecule has 0 unspecified atom stereocenters. The van der Waals surface area contributed by atoms with Gasteiger partial charge in [-0.05, 0) is 62.2 Å². The van der Waals surface area contributed by atoms with Crippen LogP contribution >= 0.6 is 0 Å². The van der Waals surface area contributed by atoms with E-state index < -0.39 is 11.4 Å². The summed E-state index contributed by atoms with van der Waals surface area (Å²) in [5.41, 5.74) is 2.33. The first kappa shape index (κ1) is 24.2. The molecule has 2 N–H and O–H groups in total. The summed E-state index contributed by atoms with van der Waals surface area (Å²) < 4.78 is 16.3. The summed E-state index contributed by atoms with van der Waals surface area (Å²) in [5.74, 6) is -0.553. The van der Waals surface area contributed by atoms with Crippen LogP contribution in [0.25, 0.3) is 22.7 Å². The SMILES string of the molecule is C/C1=c2/cccc/c2=C/C=C(/CNC2CCN(C[C@]3(O)Cn4c(=O)ccc5ncc(F)c3c54)CC2)CC1. The minimum Gasteiger partial charge on any atom is -0.382 e. The number of nitrogens with zero attached hydrogens (tertiary/aromatic N) is 3. The van der Waals surface area contributed by atoms with Crippen molar-refractivity contribution in [3.05, 3.63) is 86.4 Å². The van der Waals surface area contributed by atoms with Crippen molar-refractivity contribution in [1.82, 2.24) is 19.8 Å². The van der Waals surface area contributed by atoms with Gasteiger partial charge in [-0.3, -0.25) is 14.7 Å². The van der Waals surface area contributed by atoms with Crippen LogP contribution in [0, 0.1) is 5.82 Å². The molecular formula is C30H33FN4O2. The van der Waals surface area contributed by atoms with Gasteiger partial charge in [0.25, 0.3) is 5.56 Å².